The smallest absolute Gasteiger partial charge is 0.223 e. The molecule has 0 bridgehead atoms. The van der Waals surface area contributed by atoms with Crippen LogP contribution in [0.5, 0.6) is 0 Å². The van der Waals surface area contributed by atoms with Crippen molar-refractivity contribution in [1.82, 2.24) is 9.21 Å². The van der Waals surface area contributed by atoms with E-state index in [1.165, 1.54) is 16.4 Å². The second-order valence-electron chi connectivity index (χ2n) is 6.42. The van der Waals surface area contributed by atoms with E-state index in [0.29, 0.717) is 52.5 Å². The van der Waals surface area contributed by atoms with E-state index < -0.39 is 10.0 Å². The van der Waals surface area contributed by atoms with E-state index in [-0.39, 0.29) is 23.9 Å². The molecular formula is C17H24FN3O4S. The first-order valence-corrected chi connectivity index (χ1v) is 10.4. The Kier molecular flexibility index (Phi) is 6.10. The van der Waals surface area contributed by atoms with Gasteiger partial charge in [0.15, 0.2) is 0 Å². The zero-order valence-corrected chi connectivity index (χ0v) is 15.5. The van der Waals surface area contributed by atoms with Crippen LogP contribution in [-0.4, -0.2) is 81.8 Å². The Hall–Kier alpha value is -1.71. The highest BCUT2D eigenvalue weighted by Crippen LogP contribution is 2.17. The number of hydrogen-bond donors (Lipinski definition) is 0. The highest BCUT2D eigenvalue weighted by Gasteiger charge is 2.27. The molecular weight excluding hydrogens is 361 g/mol. The second-order valence-corrected chi connectivity index (χ2v) is 8.51. The zero-order valence-electron chi connectivity index (χ0n) is 14.6. The number of anilines is 1. The molecule has 0 aromatic heterocycles. The van der Waals surface area contributed by atoms with Gasteiger partial charge >= 0.3 is 0 Å². The number of amides is 1. The first-order chi connectivity index (χ1) is 12.5. The number of nitrogens with zero attached hydrogens (tertiary/aromatic N) is 3. The Morgan fingerprint density at radius 2 is 1.62 bits per heavy atom. The van der Waals surface area contributed by atoms with Crippen LogP contribution in [0.2, 0.25) is 0 Å². The van der Waals surface area contributed by atoms with Gasteiger partial charge in [-0.25, -0.2) is 12.8 Å². The van der Waals surface area contributed by atoms with Gasteiger partial charge in [0.1, 0.15) is 5.82 Å². The normalized spacial score (nSPS) is 19.6. The molecule has 26 heavy (non-hydrogen) atoms. The molecule has 0 aliphatic carbocycles. The summed E-state index contributed by atoms with van der Waals surface area (Å²) < 4.78 is 44.2. The summed E-state index contributed by atoms with van der Waals surface area (Å²) in [4.78, 5) is 16.2. The van der Waals surface area contributed by atoms with E-state index in [4.69, 9.17) is 4.74 Å². The molecule has 1 amide bonds. The molecule has 0 unspecified atom stereocenters. The number of hydrogen-bond acceptors (Lipinski definition) is 5. The van der Waals surface area contributed by atoms with Crippen molar-refractivity contribution in [2.45, 2.75) is 6.42 Å². The molecule has 2 aliphatic heterocycles. The van der Waals surface area contributed by atoms with Gasteiger partial charge in [0.05, 0.1) is 19.0 Å². The highest BCUT2D eigenvalue weighted by molar-refractivity contribution is 7.89. The van der Waals surface area contributed by atoms with Crippen molar-refractivity contribution < 1.29 is 22.3 Å². The Balaban J connectivity index is 1.47. The van der Waals surface area contributed by atoms with Crippen LogP contribution in [-0.2, 0) is 19.6 Å². The largest absolute Gasteiger partial charge is 0.379 e. The first-order valence-electron chi connectivity index (χ1n) is 8.79. The molecule has 2 saturated heterocycles. The lowest BCUT2D eigenvalue weighted by molar-refractivity contribution is -0.131. The first kappa shape index (κ1) is 19.1. The van der Waals surface area contributed by atoms with E-state index in [1.807, 2.05) is 0 Å². The van der Waals surface area contributed by atoms with Crippen LogP contribution in [0, 0.1) is 5.82 Å². The SMILES string of the molecule is O=C(CCS(=O)(=O)N1CCOCC1)N1CCN(c2ccc(F)cc2)CC1. The third-order valence-electron chi connectivity index (χ3n) is 4.76. The molecule has 2 aliphatic rings. The standard InChI is InChI=1S/C17H24FN3O4S/c18-15-1-3-16(4-2-15)19-6-8-20(9-7-19)17(22)5-14-26(23,24)21-10-12-25-13-11-21/h1-4H,5-14H2. The fraction of sp³-hybridized carbons (Fsp3) is 0.588. The predicted octanol–water partition coefficient (Wildman–Crippen LogP) is 0.526. The summed E-state index contributed by atoms with van der Waals surface area (Å²) in [5, 5.41) is 0. The molecule has 0 spiro atoms. The number of rotatable bonds is 5. The number of morpholine rings is 1. The maximum atomic E-state index is 13.0. The number of piperazine rings is 1. The van der Waals surface area contributed by atoms with Crippen molar-refractivity contribution in [3.8, 4) is 0 Å². The summed E-state index contributed by atoms with van der Waals surface area (Å²) >= 11 is 0. The number of carbonyl (C=O) groups is 1. The van der Waals surface area contributed by atoms with Crippen LogP contribution in [0.25, 0.3) is 0 Å². The summed E-state index contributed by atoms with van der Waals surface area (Å²) in [6, 6.07) is 6.29. The van der Waals surface area contributed by atoms with Gasteiger partial charge < -0.3 is 14.5 Å². The lowest BCUT2D eigenvalue weighted by Gasteiger charge is -2.36. The molecule has 144 valence electrons. The fourth-order valence-electron chi connectivity index (χ4n) is 3.19. The molecule has 1 aromatic carbocycles. The summed E-state index contributed by atoms with van der Waals surface area (Å²) in [6.45, 7) is 3.87. The Labute approximate surface area is 153 Å². The Bertz CT molecular complexity index is 712. The highest BCUT2D eigenvalue weighted by atomic mass is 32.2. The van der Waals surface area contributed by atoms with Gasteiger partial charge in [-0.05, 0) is 24.3 Å². The van der Waals surface area contributed by atoms with Crippen LogP contribution >= 0.6 is 0 Å². The molecule has 1 aromatic rings. The number of ether oxygens (including phenoxy) is 1. The van der Waals surface area contributed by atoms with Gasteiger partial charge in [0.25, 0.3) is 0 Å². The summed E-state index contributed by atoms with van der Waals surface area (Å²) in [5.41, 5.74) is 0.924. The van der Waals surface area contributed by atoms with E-state index in [1.54, 1.807) is 17.0 Å². The van der Waals surface area contributed by atoms with E-state index in [0.717, 1.165) is 5.69 Å². The summed E-state index contributed by atoms with van der Waals surface area (Å²) in [6.07, 6.45) is -0.00373. The minimum atomic E-state index is -3.42. The topological polar surface area (TPSA) is 70.2 Å². The average Bonchev–Trinajstić information content (AvgIpc) is 2.68. The van der Waals surface area contributed by atoms with E-state index in [2.05, 4.69) is 4.90 Å². The monoisotopic (exact) mass is 385 g/mol. The van der Waals surface area contributed by atoms with Gasteiger partial charge in [-0.2, -0.15) is 4.31 Å². The van der Waals surface area contributed by atoms with Crippen LogP contribution in [0.4, 0.5) is 10.1 Å². The minimum absolute atomic E-state index is 0.00373. The average molecular weight is 385 g/mol. The molecule has 2 heterocycles. The lowest BCUT2D eigenvalue weighted by atomic mass is 10.2. The third kappa shape index (κ3) is 4.72. The van der Waals surface area contributed by atoms with E-state index in [9.17, 15) is 17.6 Å². The van der Waals surface area contributed by atoms with Crippen molar-refractivity contribution >= 4 is 21.6 Å². The van der Waals surface area contributed by atoms with Crippen molar-refractivity contribution in [2.24, 2.45) is 0 Å². The Morgan fingerprint density at radius 3 is 2.23 bits per heavy atom. The number of carbonyl (C=O) groups excluding carboxylic acids is 1. The summed E-state index contributed by atoms with van der Waals surface area (Å²) in [5.74, 6) is -0.575. The third-order valence-corrected chi connectivity index (χ3v) is 6.63. The zero-order chi connectivity index (χ0) is 18.6. The predicted molar refractivity (Wildman–Crippen MR) is 96.0 cm³/mol. The molecule has 3 rings (SSSR count). The fourth-order valence-corrected chi connectivity index (χ4v) is 4.59. The van der Waals surface area contributed by atoms with Gasteiger partial charge in [0.2, 0.25) is 15.9 Å². The molecule has 7 nitrogen and oxygen atoms in total. The van der Waals surface area contributed by atoms with Crippen LogP contribution in [0.15, 0.2) is 24.3 Å². The lowest BCUT2D eigenvalue weighted by Crippen LogP contribution is -2.49. The second kappa shape index (κ2) is 8.32. The van der Waals surface area contributed by atoms with Gasteiger partial charge in [-0.15, -0.1) is 0 Å². The molecule has 2 fully saturated rings. The molecule has 0 saturated carbocycles. The van der Waals surface area contributed by atoms with Crippen LogP contribution < -0.4 is 4.90 Å². The number of halogens is 1. The molecule has 9 heteroatoms. The molecule has 0 N–H and O–H groups in total. The number of benzene rings is 1. The van der Waals surface area contributed by atoms with Crippen LogP contribution in [0.1, 0.15) is 6.42 Å². The van der Waals surface area contributed by atoms with Gasteiger partial charge in [-0.1, -0.05) is 0 Å². The molecule has 0 radical (unpaired) electrons. The summed E-state index contributed by atoms with van der Waals surface area (Å²) in [7, 11) is -3.42. The minimum Gasteiger partial charge on any atom is -0.379 e. The Morgan fingerprint density at radius 1 is 1.00 bits per heavy atom. The van der Waals surface area contributed by atoms with Crippen molar-refractivity contribution in [3.63, 3.8) is 0 Å². The van der Waals surface area contributed by atoms with E-state index >= 15 is 0 Å². The molecule has 0 atom stereocenters. The number of sulfonamides is 1. The maximum Gasteiger partial charge on any atom is 0.223 e. The van der Waals surface area contributed by atoms with Crippen LogP contribution in [0.3, 0.4) is 0 Å². The van der Waals surface area contributed by atoms with Crippen molar-refractivity contribution in [3.05, 3.63) is 30.1 Å². The van der Waals surface area contributed by atoms with Gasteiger partial charge in [-0.3, -0.25) is 4.79 Å². The van der Waals surface area contributed by atoms with Gasteiger partial charge in [0, 0.05) is 51.4 Å². The van der Waals surface area contributed by atoms with Crippen molar-refractivity contribution in [2.75, 3.05) is 63.1 Å². The maximum absolute atomic E-state index is 13.0. The van der Waals surface area contributed by atoms with Crippen molar-refractivity contribution in [1.29, 1.82) is 0 Å². The quantitative estimate of drug-likeness (QED) is 0.739.